The Hall–Kier alpha value is -2.86. The zero-order valence-corrected chi connectivity index (χ0v) is 29.2. The lowest BCUT2D eigenvalue weighted by Gasteiger charge is -1.99. The Labute approximate surface area is 281 Å². The maximum atomic E-state index is 11.7. The molecule has 226 valence electrons. The SMILES string of the molecule is CCOC(=O)CCc1ccc(-c2ccc(-c3ccc(-c4ccc(-c5ccc(-c6ccc(CCC(=O)OCC)s6)s5)s4)s3)s2)s1. The molecule has 6 aromatic heterocycles. The molecular weight excluding hydrogens is 665 g/mol. The van der Waals surface area contributed by atoms with Gasteiger partial charge in [-0.2, -0.15) is 0 Å². The van der Waals surface area contributed by atoms with Crippen molar-refractivity contribution in [2.75, 3.05) is 13.2 Å². The van der Waals surface area contributed by atoms with Crippen molar-refractivity contribution in [3.8, 4) is 48.8 Å². The van der Waals surface area contributed by atoms with Gasteiger partial charge in [0.25, 0.3) is 0 Å². The van der Waals surface area contributed by atoms with Gasteiger partial charge in [0.1, 0.15) is 0 Å². The maximum Gasteiger partial charge on any atom is 0.306 e. The Morgan fingerprint density at radius 1 is 0.432 bits per heavy atom. The molecule has 4 nitrogen and oxygen atoms in total. The van der Waals surface area contributed by atoms with Crippen LogP contribution in [0.25, 0.3) is 48.8 Å². The van der Waals surface area contributed by atoms with Crippen molar-refractivity contribution < 1.29 is 19.1 Å². The van der Waals surface area contributed by atoms with Gasteiger partial charge in [-0.25, -0.2) is 0 Å². The summed E-state index contributed by atoms with van der Waals surface area (Å²) in [6, 6.07) is 26.3. The van der Waals surface area contributed by atoms with Crippen LogP contribution < -0.4 is 0 Å². The van der Waals surface area contributed by atoms with Crippen molar-refractivity contribution in [3.05, 3.63) is 82.6 Å². The van der Waals surface area contributed by atoms with Crippen LogP contribution in [0.3, 0.4) is 0 Å². The molecule has 0 fully saturated rings. The summed E-state index contributed by atoms with van der Waals surface area (Å²) < 4.78 is 10.1. The van der Waals surface area contributed by atoms with E-state index in [2.05, 4.69) is 72.8 Å². The second kappa shape index (κ2) is 14.5. The molecule has 0 N–H and O–H groups in total. The Morgan fingerprint density at radius 2 is 0.682 bits per heavy atom. The highest BCUT2D eigenvalue weighted by molar-refractivity contribution is 7.30. The van der Waals surface area contributed by atoms with E-state index in [9.17, 15) is 9.59 Å². The molecule has 0 aliphatic carbocycles. The van der Waals surface area contributed by atoms with E-state index < -0.39 is 0 Å². The summed E-state index contributed by atoms with van der Waals surface area (Å²) in [5.74, 6) is -0.269. The standard InChI is InChI=1S/C34H30O4S6/c1-3-37-33(35)19-7-21-5-9-23(39-21)25-11-13-27(41-25)29-15-17-31(43-29)32-18-16-30(44-32)28-14-12-26(42-28)24-10-6-22(40-24)8-20-34(36)38-4-2/h5-6,9-18H,3-4,7-8,19-20H2,1-2H3. The molecule has 44 heavy (non-hydrogen) atoms. The van der Waals surface area contributed by atoms with Crippen LogP contribution in [0.4, 0.5) is 0 Å². The molecule has 10 heteroatoms. The normalized spacial score (nSPS) is 11.2. The summed E-state index contributed by atoms with van der Waals surface area (Å²) in [5.41, 5.74) is 0. The number of carbonyl (C=O) groups excluding carboxylic acids is 2. The van der Waals surface area contributed by atoms with Crippen molar-refractivity contribution in [2.24, 2.45) is 0 Å². The van der Waals surface area contributed by atoms with Crippen LogP contribution in [-0.4, -0.2) is 25.2 Å². The zero-order chi connectivity index (χ0) is 30.5. The lowest BCUT2D eigenvalue weighted by atomic mass is 10.2. The van der Waals surface area contributed by atoms with Crippen LogP contribution in [0.15, 0.2) is 72.8 Å². The van der Waals surface area contributed by atoms with Gasteiger partial charge < -0.3 is 9.47 Å². The number of hydrogen-bond donors (Lipinski definition) is 0. The third-order valence-electron chi connectivity index (χ3n) is 6.72. The summed E-state index contributed by atoms with van der Waals surface area (Å²) in [4.78, 5) is 38.5. The van der Waals surface area contributed by atoms with Crippen LogP contribution in [0.2, 0.25) is 0 Å². The van der Waals surface area contributed by atoms with Gasteiger partial charge in [0.05, 0.1) is 26.1 Å². The summed E-state index contributed by atoms with van der Waals surface area (Å²) in [6.45, 7) is 4.54. The Balaban J connectivity index is 1.09. The second-order valence-electron chi connectivity index (χ2n) is 9.80. The molecule has 0 spiro atoms. The largest absolute Gasteiger partial charge is 0.466 e. The van der Waals surface area contributed by atoms with Gasteiger partial charge in [0.15, 0.2) is 0 Å². The van der Waals surface area contributed by atoms with Gasteiger partial charge in [-0.3, -0.25) is 9.59 Å². The average molecular weight is 695 g/mol. The van der Waals surface area contributed by atoms with Gasteiger partial charge in [-0.1, -0.05) is 0 Å². The number of carbonyl (C=O) groups is 2. The van der Waals surface area contributed by atoms with E-state index >= 15 is 0 Å². The topological polar surface area (TPSA) is 52.6 Å². The minimum Gasteiger partial charge on any atom is -0.466 e. The van der Waals surface area contributed by atoms with Gasteiger partial charge >= 0.3 is 11.9 Å². The smallest absolute Gasteiger partial charge is 0.306 e. The monoisotopic (exact) mass is 694 g/mol. The Bertz CT molecular complexity index is 1720. The number of hydrogen-bond acceptors (Lipinski definition) is 10. The minimum atomic E-state index is -0.135. The van der Waals surface area contributed by atoms with E-state index in [0.717, 1.165) is 12.8 Å². The molecule has 0 aromatic carbocycles. The third kappa shape index (κ3) is 7.50. The van der Waals surface area contributed by atoms with E-state index in [0.29, 0.717) is 26.1 Å². The quantitative estimate of drug-likeness (QED) is 0.113. The van der Waals surface area contributed by atoms with Crippen LogP contribution in [-0.2, 0) is 31.9 Å². The molecule has 0 bridgehead atoms. The number of rotatable bonds is 13. The summed E-state index contributed by atoms with van der Waals surface area (Å²) in [5, 5.41) is 0. The summed E-state index contributed by atoms with van der Waals surface area (Å²) in [6.07, 6.45) is 2.29. The van der Waals surface area contributed by atoms with Crippen LogP contribution in [0.5, 0.6) is 0 Å². The van der Waals surface area contributed by atoms with Crippen LogP contribution in [0.1, 0.15) is 36.4 Å². The first-order valence-corrected chi connectivity index (χ1v) is 19.3. The highest BCUT2D eigenvalue weighted by atomic mass is 32.1. The number of thiophene rings is 6. The fourth-order valence-electron chi connectivity index (χ4n) is 4.62. The van der Waals surface area contributed by atoms with Gasteiger partial charge in [-0.15, -0.1) is 68.0 Å². The van der Waals surface area contributed by atoms with Crippen LogP contribution >= 0.6 is 68.0 Å². The molecule has 0 aliphatic rings. The lowest BCUT2D eigenvalue weighted by Crippen LogP contribution is -2.04. The molecule has 0 saturated heterocycles. The molecule has 6 heterocycles. The molecule has 6 rings (SSSR count). The van der Waals surface area contributed by atoms with E-state index in [1.165, 1.54) is 58.5 Å². The summed E-state index contributed by atoms with van der Waals surface area (Å²) in [7, 11) is 0. The average Bonchev–Trinajstić information content (AvgIpc) is 3.86. The molecule has 6 aromatic rings. The fourth-order valence-corrected chi connectivity index (χ4v) is 11.1. The van der Waals surface area contributed by atoms with Crippen molar-refractivity contribution in [1.82, 2.24) is 0 Å². The zero-order valence-electron chi connectivity index (χ0n) is 24.3. The highest BCUT2D eigenvalue weighted by Crippen LogP contribution is 2.46. The molecular formula is C34H30O4S6. The van der Waals surface area contributed by atoms with Gasteiger partial charge in [0.2, 0.25) is 0 Å². The highest BCUT2D eigenvalue weighted by Gasteiger charge is 2.15. The van der Waals surface area contributed by atoms with E-state index in [4.69, 9.17) is 9.47 Å². The van der Waals surface area contributed by atoms with Crippen molar-refractivity contribution >= 4 is 80.0 Å². The molecule has 0 unspecified atom stereocenters. The van der Waals surface area contributed by atoms with Gasteiger partial charge in [-0.05, 0) is 99.5 Å². The van der Waals surface area contributed by atoms with Crippen molar-refractivity contribution in [1.29, 1.82) is 0 Å². The first-order chi connectivity index (χ1) is 21.5. The number of aryl methyl sites for hydroxylation is 2. The summed E-state index contributed by atoms with van der Waals surface area (Å²) >= 11 is 10.8. The first kappa shape index (κ1) is 31.1. The number of esters is 2. The Morgan fingerprint density at radius 3 is 0.955 bits per heavy atom. The Kier molecular flexibility index (Phi) is 10.3. The molecule has 0 aliphatic heterocycles. The maximum absolute atomic E-state index is 11.7. The van der Waals surface area contributed by atoms with E-state index in [1.807, 2.05) is 59.2 Å². The minimum absolute atomic E-state index is 0.135. The predicted octanol–water partition coefficient (Wildman–Crippen LogP) is 11.4. The fraction of sp³-hybridized carbons (Fsp3) is 0.235. The molecule has 0 saturated carbocycles. The third-order valence-corrected chi connectivity index (χ3v) is 14.3. The van der Waals surface area contributed by atoms with Crippen LogP contribution in [0, 0.1) is 0 Å². The molecule has 0 radical (unpaired) electrons. The predicted molar refractivity (Wildman–Crippen MR) is 191 cm³/mol. The van der Waals surface area contributed by atoms with Crippen molar-refractivity contribution in [2.45, 2.75) is 39.5 Å². The molecule has 0 amide bonds. The van der Waals surface area contributed by atoms with Gasteiger partial charge in [0, 0.05) is 58.5 Å². The first-order valence-electron chi connectivity index (χ1n) is 14.4. The second-order valence-corrected chi connectivity index (χ2v) is 16.5. The van der Waals surface area contributed by atoms with Crippen molar-refractivity contribution in [3.63, 3.8) is 0 Å². The van der Waals surface area contributed by atoms with E-state index in [-0.39, 0.29) is 11.9 Å². The number of ether oxygens (including phenoxy) is 2. The molecule has 0 atom stereocenters. The lowest BCUT2D eigenvalue weighted by molar-refractivity contribution is -0.144. The van der Waals surface area contributed by atoms with E-state index in [1.54, 1.807) is 22.7 Å².